The molecule has 0 unspecified atom stereocenters. The summed E-state index contributed by atoms with van der Waals surface area (Å²) in [6, 6.07) is 55.5. The van der Waals surface area contributed by atoms with Crippen molar-refractivity contribution in [2.75, 3.05) is 0 Å². The van der Waals surface area contributed by atoms with Crippen molar-refractivity contribution in [1.29, 1.82) is 0 Å². The normalized spacial score (nSPS) is 13.9. The van der Waals surface area contributed by atoms with Gasteiger partial charge in [0.15, 0.2) is 0 Å². The van der Waals surface area contributed by atoms with Crippen LogP contribution in [0.4, 0.5) is 5.69 Å². The fraction of sp³-hybridized carbons (Fsp3) is 0.0192. The van der Waals surface area contributed by atoms with E-state index in [1.54, 1.807) is 0 Å². The van der Waals surface area contributed by atoms with Gasteiger partial charge >= 0.3 is 0 Å². The monoisotopic (exact) mass is 718 g/mol. The van der Waals surface area contributed by atoms with E-state index in [4.69, 9.17) is 13.8 Å². The van der Waals surface area contributed by atoms with Gasteiger partial charge in [0.05, 0.1) is 16.7 Å². The molecule has 56 heavy (non-hydrogen) atoms. The Morgan fingerprint density at radius 3 is 2.02 bits per heavy atom. The summed E-state index contributed by atoms with van der Waals surface area (Å²) in [5.41, 5.74) is 15.1. The third-order valence-electron chi connectivity index (χ3n) is 11.1. The van der Waals surface area contributed by atoms with Gasteiger partial charge in [-0.15, -0.1) is 0 Å². The lowest BCUT2D eigenvalue weighted by Crippen LogP contribution is -2.01. The molecule has 0 amide bonds. The molecule has 11 rings (SSSR count). The molecular weight excluding hydrogens is 685 g/mol. The molecule has 0 fully saturated rings. The van der Waals surface area contributed by atoms with Crippen molar-refractivity contribution in [2.45, 2.75) is 6.92 Å². The van der Waals surface area contributed by atoms with Crippen LogP contribution in [0.5, 0.6) is 0 Å². The number of furan rings is 2. The summed E-state index contributed by atoms with van der Waals surface area (Å²) < 4.78 is 15.0. The molecule has 0 spiro atoms. The Morgan fingerprint density at radius 2 is 1.18 bits per heavy atom. The minimum Gasteiger partial charge on any atom is -0.459 e. The summed E-state index contributed by atoms with van der Waals surface area (Å²) in [4.78, 5) is 5.25. The molecule has 0 N–H and O–H groups in total. The minimum absolute atomic E-state index is 0.766. The van der Waals surface area contributed by atoms with Gasteiger partial charge in [-0.2, -0.15) is 0 Å². The fourth-order valence-corrected chi connectivity index (χ4v) is 8.36. The highest BCUT2D eigenvalue weighted by Crippen LogP contribution is 2.40. The van der Waals surface area contributed by atoms with Crippen LogP contribution >= 0.6 is 0 Å². The maximum atomic E-state index is 6.38. The first-order valence-corrected chi connectivity index (χ1v) is 18.9. The molecule has 7 aromatic carbocycles. The average molecular weight is 719 g/mol. The van der Waals surface area contributed by atoms with Gasteiger partial charge in [-0.1, -0.05) is 128 Å². The van der Waals surface area contributed by atoms with Crippen LogP contribution in [0, 0.1) is 6.92 Å². The number of fused-ring (bicyclic) bond motifs is 7. The van der Waals surface area contributed by atoms with Gasteiger partial charge in [0.1, 0.15) is 28.2 Å². The third-order valence-corrected chi connectivity index (χ3v) is 11.1. The molecule has 0 bridgehead atoms. The van der Waals surface area contributed by atoms with Gasteiger partial charge in [0.25, 0.3) is 0 Å². The van der Waals surface area contributed by atoms with Crippen LogP contribution in [-0.4, -0.2) is 10.3 Å². The van der Waals surface area contributed by atoms with Crippen molar-refractivity contribution >= 4 is 71.7 Å². The molecule has 4 heteroatoms. The van der Waals surface area contributed by atoms with E-state index in [-0.39, 0.29) is 0 Å². The number of para-hydroxylation sites is 4. The zero-order chi connectivity index (χ0) is 37.3. The number of aliphatic imine (C=N–C) groups is 1. The van der Waals surface area contributed by atoms with Crippen molar-refractivity contribution < 1.29 is 8.83 Å². The summed E-state index contributed by atoms with van der Waals surface area (Å²) in [6.45, 7) is 6.35. The van der Waals surface area contributed by atoms with Crippen LogP contribution in [0.25, 0.3) is 88.2 Å². The molecule has 1 aliphatic carbocycles. The third kappa shape index (κ3) is 5.11. The average Bonchev–Trinajstić information content (AvgIpc) is 3.90. The molecular formula is C52H34N2O2. The molecule has 0 atom stereocenters. The predicted octanol–water partition coefficient (Wildman–Crippen LogP) is 14.4. The number of aromatic nitrogens is 1. The van der Waals surface area contributed by atoms with Crippen molar-refractivity contribution in [3.63, 3.8) is 0 Å². The first-order valence-electron chi connectivity index (χ1n) is 18.9. The van der Waals surface area contributed by atoms with E-state index in [9.17, 15) is 0 Å². The van der Waals surface area contributed by atoms with Crippen LogP contribution in [0.15, 0.2) is 202 Å². The van der Waals surface area contributed by atoms with Crippen molar-refractivity contribution in [3.8, 4) is 27.9 Å². The molecule has 0 radical (unpaired) electrons. The summed E-state index contributed by atoms with van der Waals surface area (Å²) in [5, 5.41) is 5.70. The largest absolute Gasteiger partial charge is 0.459 e. The Labute approximate surface area is 323 Å². The smallest absolute Gasteiger partial charge is 0.143 e. The SMILES string of the molecule is C=C1C=CC(c2cccc(-c3cccc4c3oc3ccccc34)c2)=CC1=Nc1c(C)oc2ccc(-c3cccc(-n4c5ccccc5c5ccccc54)c3)cc12. The molecule has 3 aromatic heterocycles. The Balaban J connectivity index is 0.970. The van der Waals surface area contributed by atoms with Crippen LogP contribution in [0.1, 0.15) is 11.3 Å². The maximum absolute atomic E-state index is 6.38. The fourth-order valence-electron chi connectivity index (χ4n) is 8.36. The molecule has 264 valence electrons. The summed E-state index contributed by atoms with van der Waals surface area (Å²) in [6.07, 6.45) is 6.29. The van der Waals surface area contributed by atoms with E-state index in [1.165, 1.54) is 21.8 Å². The highest BCUT2D eigenvalue weighted by atomic mass is 16.3. The summed E-state index contributed by atoms with van der Waals surface area (Å²) >= 11 is 0. The quantitative estimate of drug-likeness (QED) is 0.178. The highest BCUT2D eigenvalue weighted by Gasteiger charge is 2.18. The Kier molecular flexibility index (Phi) is 7.20. The zero-order valence-electron chi connectivity index (χ0n) is 30.7. The van der Waals surface area contributed by atoms with Gasteiger partial charge in [0, 0.05) is 38.2 Å². The van der Waals surface area contributed by atoms with Gasteiger partial charge in [-0.05, 0) is 94.9 Å². The Bertz CT molecular complexity index is 3290. The number of nitrogens with zero attached hydrogens (tertiary/aromatic N) is 2. The molecule has 3 heterocycles. The van der Waals surface area contributed by atoms with Gasteiger partial charge in [-0.3, -0.25) is 0 Å². The maximum Gasteiger partial charge on any atom is 0.143 e. The van der Waals surface area contributed by atoms with Gasteiger partial charge in [-0.25, -0.2) is 4.99 Å². The van der Waals surface area contributed by atoms with E-state index in [2.05, 4.69) is 169 Å². The number of hydrogen-bond donors (Lipinski definition) is 0. The number of hydrogen-bond acceptors (Lipinski definition) is 3. The summed E-state index contributed by atoms with van der Waals surface area (Å²) in [5.74, 6) is 0.766. The molecule has 0 aliphatic heterocycles. The van der Waals surface area contributed by atoms with Crippen LogP contribution < -0.4 is 0 Å². The predicted molar refractivity (Wildman–Crippen MR) is 233 cm³/mol. The van der Waals surface area contributed by atoms with Gasteiger partial charge in [0.2, 0.25) is 0 Å². The molecule has 0 saturated heterocycles. The lowest BCUT2D eigenvalue weighted by Gasteiger charge is -2.13. The van der Waals surface area contributed by atoms with Crippen LogP contribution in [0.3, 0.4) is 0 Å². The minimum atomic E-state index is 0.766. The topological polar surface area (TPSA) is 43.6 Å². The lowest BCUT2D eigenvalue weighted by molar-refractivity contribution is 0.579. The second-order valence-corrected chi connectivity index (χ2v) is 14.5. The molecule has 10 aromatic rings. The van der Waals surface area contributed by atoms with E-state index >= 15 is 0 Å². The molecule has 4 nitrogen and oxygen atoms in total. The van der Waals surface area contributed by atoms with Crippen molar-refractivity contribution in [1.82, 2.24) is 4.57 Å². The van der Waals surface area contributed by atoms with E-state index < -0.39 is 0 Å². The molecule has 1 aliphatic rings. The number of benzene rings is 7. The first-order chi connectivity index (χ1) is 27.6. The van der Waals surface area contributed by atoms with Crippen LogP contribution in [-0.2, 0) is 0 Å². The highest BCUT2D eigenvalue weighted by molar-refractivity contribution is 6.18. The zero-order valence-corrected chi connectivity index (χ0v) is 30.7. The van der Waals surface area contributed by atoms with E-state index in [0.29, 0.717) is 0 Å². The van der Waals surface area contributed by atoms with E-state index in [0.717, 1.165) is 94.7 Å². The van der Waals surface area contributed by atoms with Crippen LogP contribution in [0.2, 0.25) is 0 Å². The second-order valence-electron chi connectivity index (χ2n) is 14.5. The number of allylic oxidation sites excluding steroid dienone is 5. The van der Waals surface area contributed by atoms with Gasteiger partial charge < -0.3 is 13.4 Å². The Hall–Kier alpha value is -7.43. The molecule has 0 saturated carbocycles. The van der Waals surface area contributed by atoms with Crippen molar-refractivity contribution in [3.05, 3.63) is 199 Å². The van der Waals surface area contributed by atoms with E-state index in [1.807, 2.05) is 25.1 Å². The second kappa shape index (κ2) is 12.6. The standard InChI is InChI=1S/C52H34N2O2/c1-32-24-25-37(34-12-9-14-38(28-34)40-19-11-20-44-43-18-5-8-23-49(43)56-52(40)44)31-46(32)53-51-33(2)55-50-27-26-36(30-45(50)51)35-13-10-15-39(29-35)54-47-21-6-3-16-41(47)42-17-4-7-22-48(42)54/h3-31H,1H2,2H3. The summed E-state index contributed by atoms with van der Waals surface area (Å²) in [7, 11) is 0. The number of rotatable bonds is 5. The first kappa shape index (κ1) is 32.0. The number of aryl methyl sites for hydroxylation is 1. The Morgan fingerprint density at radius 1 is 0.518 bits per heavy atom. The lowest BCUT2D eigenvalue weighted by atomic mass is 9.93. The van der Waals surface area contributed by atoms with Crippen molar-refractivity contribution in [2.24, 2.45) is 4.99 Å².